The number of hydrogen-bond acceptors (Lipinski definition) is 3. The predicted octanol–water partition coefficient (Wildman–Crippen LogP) is 0.391. The summed E-state index contributed by atoms with van der Waals surface area (Å²) in [6.07, 6.45) is 0.591. The number of oxime groups is 1. The molecule has 0 aromatic rings. The van der Waals surface area contributed by atoms with Gasteiger partial charge in [0, 0.05) is 13.0 Å². The molecule has 0 bridgehead atoms. The quantitative estimate of drug-likeness (QED) is 0.429. The van der Waals surface area contributed by atoms with E-state index in [-0.39, 0.29) is 6.61 Å². The summed E-state index contributed by atoms with van der Waals surface area (Å²) in [5.74, 6) is 0. The molecule has 0 saturated carbocycles. The summed E-state index contributed by atoms with van der Waals surface area (Å²) in [5, 5.41) is 11.9. The van der Waals surface area contributed by atoms with Gasteiger partial charge in [0.15, 0.2) is 0 Å². The van der Waals surface area contributed by atoms with E-state index in [1.54, 1.807) is 6.92 Å². The molecule has 0 aliphatic heterocycles. The first kappa shape index (κ1) is 7.43. The maximum atomic E-state index is 8.33. The van der Waals surface area contributed by atoms with Crippen LogP contribution in [0.1, 0.15) is 13.3 Å². The number of rotatable bonds is 3. The van der Waals surface area contributed by atoms with E-state index in [2.05, 4.69) is 9.99 Å². The van der Waals surface area contributed by atoms with Gasteiger partial charge in [-0.1, -0.05) is 5.16 Å². The van der Waals surface area contributed by atoms with E-state index in [4.69, 9.17) is 5.11 Å². The first-order valence-corrected chi connectivity index (χ1v) is 2.48. The van der Waals surface area contributed by atoms with Crippen molar-refractivity contribution < 1.29 is 9.94 Å². The first-order chi connectivity index (χ1) is 3.81. The Kier molecular flexibility index (Phi) is 4.26. The predicted molar refractivity (Wildman–Crippen MR) is 31.8 cm³/mol. The molecule has 0 aromatic heterocycles. The lowest BCUT2D eigenvalue weighted by Crippen LogP contribution is -1.95. The van der Waals surface area contributed by atoms with Gasteiger partial charge in [0.25, 0.3) is 0 Å². The minimum atomic E-state index is 0.138. The summed E-state index contributed by atoms with van der Waals surface area (Å²) >= 11 is 0. The average molecular weight is 117 g/mol. The van der Waals surface area contributed by atoms with Crippen LogP contribution >= 0.6 is 0 Å². The van der Waals surface area contributed by atoms with Crippen molar-refractivity contribution in [3.8, 4) is 0 Å². The second-order valence-corrected chi connectivity index (χ2v) is 1.48. The number of aliphatic hydroxyl groups excluding tert-OH is 1. The molecule has 8 heavy (non-hydrogen) atoms. The maximum absolute atomic E-state index is 8.33. The Hall–Kier alpha value is -0.570. The topological polar surface area (TPSA) is 41.8 Å². The minimum Gasteiger partial charge on any atom is -0.399 e. The van der Waals surface area contributed by atoms with Gasteiger partial charge >= 0.3 is 0 Å². The minimum absolute atomic E-state index is 0.138. The molecule has 0 aromatic carbocycles. The molecule has 0 aliphatic rings. The third-order valence-corrected chi connectivity index (χ3v) is 0.721. The number of nitrogens with zero attached hydrogens (tertiary/aromatic N) is 1. The number of aliphatic hydroxyl groups is 1. The van der Waals surface area contributed by atoms with Crippen molar-refractivity contribution >= 4 is 5.71 Å². The Labute approximate surface area is 49.0 Å². The van der Waals surface area contributed by atoms with Gasteiger partial charge in [0.1, 0.15) is 7.11 Å². The lowest BCUT2D eigenvalue weighted by molar-refractivity contribution is 0.210. The zero-order chi connectivity index (χ0) is 6.41. The molecule has 1 N–H and O–H groups in total. The third-order valence-electron chi connectivity index (χ3n) is 0.721. The largest absolute Gasteiger partial charge is 0.399 e. The molecule has 0 spiro atoms. The molecule has 0 radical (unpaired) electrons. The lowest BCUT2D eigenvalue weighted by atomic mass is 10.3. The molecular formula is C5H11NO2. The Balaban J connectivity index is 3.29. The van der Waals surface area contributed by atoms with Crippen molar-refractivity contribution in [2.24, 2.45) is 5.16 Å². The summed E-state index contributed by atoms with van der Waals surface area (Å²) in [6, 6.07) is 0. The summed E-state index contributed by atoms with van der Waals surface area (Å²) < 4.78 is 0. The normalized spacial score (nSPS) is 11.6. The van der Waals surface area contributed by atoms with E-state index in [9.17, 15) is 0 Å². The van der Waals surface area contributed by atoms with Crippen molar-refractivity contribution in [3.05, 3.63) is 0 Å². The summed E-state index contributed by atoms with van der Waals surface area (Å²) in [6.45, 7) is 1.94. The van der Waals surface area contributed by atoms with Crippen LogP contribution in [-0.2, 0) is 4.84 Å². The molecule has 0 rings (SSSR count). The second kappa shape index (κ2) is 4.59. The van der Waals surface area contributed by atoms with Crippen LogP contribution in [0.2, 0.25) is 0 Å². The molecule has 0 fully saturated rings. The lowest BCUT2D eigenvalue weighted by Gasteiger charge is -1.92. The van der Waals surface area contributed by atoms with E-state index in [1.165, 1.54) is 7.11 Å². The fourth-order valence-electron chi connectivity index (χ4n) is 0.363. The highest BCUT2D eigenvalue weighted by molar-refractivity contribution is 5.81. The highest BCUT2D eigenvalue weighted by atomic mass is 16.6. The molecule has 0 aliphatic carbocycles. The molecule has 0 atom stereocenters. The van der Waals surface area contributed by atoms with Gasteiger partial charge in [-0.2, -0.15) is 0 Å². The smallest absolute Gasteiger partial charge is 0.106 e. The SMILES string of the molecule is CON=C(C)CCO. The van der Waals surface area contributed by atoms with Gasteiger partial charge in [-0.05, 0) is 6.92 Å². The fraction of sp³-hybridized carbons (Fsp3) is 0.800. The van der Waals surface area contributed by atoms with Crippen LogP contribution in [0.15, 0.2) is 5.16 Å². The Bertz CT molecular complexity index is 80.5. The Morgan fingerprint density at radius 3 is 2.75 bits per heavy atom. The van der Waals surface area contributed by atoms with Crippen molar-refractivity contribution in [2.75, 3.05) is 13.7 Å². The molecule has 48 valence electrons. The molecule has 0 saturated heterocycles. The van der Waals surface area contributed by atoms with Crippen molar-refractivity contribution in [3.63, 3.8) is 0 Å². The zero-order valence-corrected chi connectivity index (χ0v) is 5.22. The summed E-state index contributed by atoms with van der Waals surface area (Å²) in [7, 11) is 1.49. The van der Waals surface area contributed by atoms with Gasteiger partial charge < -0.3 is 9.94 Å². The average Bonchev–Trinajstić information content (AvgIpc) is 1.68. The Morgan fingerprint density at radius 1 is 1.75 bits per heavy atom. The van der Waals surface area contributed by atoms with Gasteiger partial charge in [-0.25, -0.2) is 0 Å². The molecular weight excluding hydrogens is 106 g/mol. The molecule has 0 unspecified atom stereocenters. The van der Waals surface area contributed by atoms with E-state index < -0.39 is 0 Å². The second-order valence-electron chi connectivity index (χ2n) is 1.48. The van der Waals surface area contributed by atoms with E-state index in [1.807, 2.05) is 0 Å². The van der Waals surface area contributed by atoms with Crippen LogP contribution < -0.4 is 0 Å². The molecule has 0 amide bonds. The van der Waals surface area contributed by atoms with Gasteiger partial charge in [-0.15, -0.1) is 0 Å². The summed E-state index contributed by atoms with van der Waals surface area (Å²) in [4.78, 5) is 4.43. The van der Waals surface area contributed by atoms with Crippen molar-refractivity contribution in [1.29, 1.82) is 0 Å². The van der Waals surface area contributed by atoms with Crippen LogP contribution in [0.4, 0.5) is 0 Å². The van der Waals surface area contributed by atoms with Crippen LogP contribution in [0.5, 0.6) is 0 Å². The van der Waals surface area contributed by atoms with Crippen molar-refractivity contribution in [1.82, 2.24) is 0 Å². The monoisotopic (exact) mass is 117 g/mol. The van der Waals surface area contributed by atoms with E-state index >= 15 is 0 Å². The van der Waals surface area contributed by atoms with Crippen LogP contribution in [0, 0.1) is 0 Å². The van der Waals surface area contributed by atoms with Gasteiger partial charge in [0.05, 0.1) is 5.71 Å². The molecule has 3 nitrogen and oxygen atoms in total. The highest BCUT2D eigenvalue weighted by Gasteiger charge is 1.86. The molecule has 3 heteroatoms. The third kappa shape index (κ3) is 3.61. The first-order valence-electron chi connectivity index (χ1n) is 2.48. The van der Waals surface area contributed by atoms with Crippen LogP contribution in [0.3, 0.4) is 0 Å². The standard InChI is InChI=1S/C5H11NO2/c1-5(3-4-7)6-8-2/h7H,3-4H2,1-2H3. The highest BCUT2D eigenvalue weighted by Crippen LogP contribution is 1.83. The summed E-state index contributed by atoms with van der Waals surface area (Å²) in [5.41, 5.74) is 0.815. The van der Waals surface area contributed by atoms with Gasteiger partial charge in [0.2, 0.25) is 0 Å². The van der Waals surface area contributed by atoms with Crippen LogP contribution in [0.25, 0.3) is 0 Å². The fourth-order valence-corrected chi connectivity index (χ4v) is 0.363. The van der Waals surface area contributed by atoms with Crippen molar-refractivity contribution in [2.45, 2.75) is 13.3 Å². The van der Waals surface area contributed by atoms with Crippen LogP contribution in [-0.4, -0.2) is 24.5 Å². The number of hydrogen-bond donors (Lipinski definition) is 1. The zero-order valence-electron chi connectivity index (χ0n) is 5.22. The molecule has 0 heterocycles. The van der Waals surface area contributed by atoms with Gasteiger partial charge in [-0.3, -0.25) is 0 Å². The Morgan fingerprint density at radius 2 is 2.38 bits per heavy atom. The van der Waals surface area contributed by atoms with E-state index in [0.717, 1.165) is 5.71 Å². The maximum Gasteiger partial charge on any atom is 0.106 e. The van der Waals surface area contributed by atoms with E-state index in [0.29, 0.717) is 6.42 Å².